The summed E-state index contributed by atoms with van der Waals surface area (Å²) in [4.78, 5) is 0. The maximum absolute atomic E-state index is 2.36. The molecule has 0 radical (unpaired) electrons. The average molecular weight is 266 g/mol. The maximum atomic E-state index is 2.36. The van der Waals surface area contributed by atoms with E-state index in [-0.39, 0.29) is 0 Å². The van der Waals surface area contributed by atoms with Crippen molar-refractivity contribution in [3.63, 3.8) is 0 Å². The van der Waals surface area contributed by atoms with Crippen molar-refractivity contribution < 1.29 is 21.4 Å². The molecule has 0 saturated heterocycles. The molecule has 0 amide bonds. The molecule has 0 aromatic rings. The van der Waals surface area contributed by atoms with Gasteiger partial charge in [-0.25, -0.2) is 0 Å². The summed E-state index contributed by atoms with van der Waals surface area (Å²) >= 11 is -0.789. The molecule has 7 heavy (non-hydrogen) atoms. The fourth-order valence-electron chi connectivity index (χ4n) is 0.750. The van der Waals surface area contributed by atoms with Gasteiger partial charge in [-0.3, -0.25) is 0 Å². The van der Waals surface area contributed by atoms with Crippen molar-refractivity contribution in [2.75, 3.05) is 0 Å². The van der Waals surface area contributed by atoms with Crippen LogP contribution in [-0.2, 0) is 21.4 Å². The van der Waals surface area contributed by atoms with Crippen molar-refractivity contribution in [2.45, 2.75) is 33.3 Å². The standard InChI is InChI=1S/3C2H5.Hf/c3*1-2;/h3*1H2,2H3;. The monoisotopic (exact) mass is 267 g/mol. The van der Waals surface area contributed by atoms with Crippen LogP contribution < -0.4 is 0 Å². The summed E-state index contributed by atoms with van der Waals surface area (Å²) in [5, 5.41) is 0. The van der Waals surface area contributed by atoms with Crippen LogP contribution in [0.4, 0.5) is 0 Å². The van der Waals surface area contributed by atoms with E-state index in [1.165, 1.54) is 0 Å². The molecule has 0 bridgehead atoms. The van der Waals surface area contributed by atoms with Gasteiger partial charge in [0.25, 0.3) is 0 Å². The number of hydrogen-bond donors (Lipinski definition) is 0. The topological polar surface area (TPSA) is 0 Å². The van der Waals surface area contributed by atoms with E-state index < -0.39 is 21.4 Å². The molecule has 0 aliphatic carbocycles. The summed E-state index contributed by atoms with van der Waals surface area (Å²) in [6, 6.07) is 0. The van der Waals surface area contributed by atoms with Gasteiger partial charge in [-0.05, 0) is 0 Å². The van der Waals surface area contributed by atoms with Gasteiger partial charge in [0.05, 0.1) is 0 Å². The molecule has 0 fully saturated rings. The molecule has 1 heteroatoms. The van der Waals surface area contributed by atoms with E-state index in [9.17, 15) is 0 Å². The molecule has 43 valence electrons. The van der Waals surface area contributed by atoms with Gasteiger partial charge >= 0.3 is 54.7 Å². The molecule has 0 aromatic heterocycles. The third kappa shape index (κ3) is 3.45. The molecule has 0 aliphatic heterocycles. The molecule has 0 aliphatic rings. The Bertz CT molecular complexity index is 25.7. The Morgan fingerprint density at radius 1 is 0.857 bits per heavy atom. The summed E-state index contributed by atoms with van der Waals surface area (Å²) in [5.41, 5.74) is 0. The Morgan fingerprint density at radius 3 is 1.14 bits per heavy atom. The van der Waals surface area contributed by atoms with Crippen LogP contribution in [0.2, 0.25) is 12.5 Å². The SMILES string of the molecule is C[CH2][Hf]([CH2]C)[CH2]C. The predicted molar refractivity (Wildman–Crippen MR) is 31.4 cm³/mol. The van der Waals surface area contributed by atoms with Crippen LogP contribution in [0, 0.1) is 0 Å². The van der Waals surface area contributed by atoms with Crippen molar-refractivity contribution in [1.82, 2.24) is 0 Å². The first kappa shape index (κ1) is 7.87. The Hall–Kier alpha value is 0.870. The van der Waals surface area contributed by atoms with Crippen molar-refractivity contribution in [3.05, 3.63) is 0 Å². The molecular formula is C6H15Hf. The predicted octanol–water partition coefficient (Wildman–Crippen LogP) is 2.92. The quantitative estimate of drug-likeness (QED) is 0.689. The summed E-state index contributed by atoms with van der Waals surface area (Å²) in [7, 11) is 0. The van der Waals surface area contributed by atoms with Crippen LogP contribution in [0.1, 0.15) is 20.8 Å². The third-order valence-corrected chi connectivity index (χ3v) is 12.3. The summed E-state index contributed by atoms with van der Waals surface area (Å²) in [6.07, 6.45) is 0. The molecule has 0 unspecified atom stereocenters. The van der Waals surface area contributed by atoms with Crippen molar-refractivity contribution >= 4 is 0 Å². The second-order valence-corrected chi connectivity index (χ2v) is 14.8. The first-order valence-corrected chi connectivity index (χ1v) is 10.8. The minimum absolute atomic E-state index is 0.789. The van der Waals surface area contributed by atoms with Gasteiger partial charge in [-0.1, -0.05) is 0 Å². The minimum atomic E-state index is -0.789. The molecule has 0 spiro atoms. The molecule has 0 aromatic carbocycles. The Morgan fingerprint density at radius 2 is 1.14 bits per heavy atom. The molecule has 0 N–H and O–H groups in total. The van der Waals surface area contributed by atoms with E-state index in [0.717, 1.165) is 0 Å². The van der Waals surface area contributed by atoms with Crippen molar-refractivity contribution in [3.8, 4) is 0 Å². The van der Waals surface area contributed by atoms with Gasteiger partial charge in [0.2, 0.25) is 0 Å². The van der Waals surface area contributed by atoms with Gasteiger partial charge in [0.15, 0.2) is 0 Å². The Balaban J connectivity index is 2.99. The molecule has 0 atom stereocenters. The summed E-state index contributed by atoms with van der Waals surface area (Å²) in [6.45, 7) is 7.07. The molecule has 0 nitrogen and oxygen atoms in total. The summed E-state index contributed by atoms with van der Waals surface area (Å²) in [5.74, 6) is 0. The fourth-order valence-corrected chi connectivity index (χ4v) is 6.14. The van der Waals surface area contributed by atoms with Crippen molar-refractivity contribution in [2.24, 2.45) is 0 Å². The summed E-state index contributed by atoms with van der Waals surface area (Å²) < 4.78 is 4.70. The van der Waals surface area contributed by atoms with Crippen LogP contribution in [0.5, 0.6) is 0 Å². The Kier molecular flexibility index (Phi) is 5.64. The van der Waals surface area contributed by atoms with Crippen molar-refractivity contribution in [1.29, 1.82) is 0 Å². The van der Waals surface area contributed by atoms with Crippen LogP contribution >= 0.6 is 0 Å². The van der Waals surface area contributed by atoms with Gasteiger partial charge in [0.1, 0.15) is 0 Å². The number of hydrogen-bond acceptors (Lipinski definition) is 0. The second kappa shape index (κ2) is 5.02. The van der Waals surface area contributed by atoms with Gasteiger partial charge < -0.3 is 0 Å². The first-order valence-electron chi connectivity index (χ1n) is 3.18. The average Bonchev–Trinajstić information content (AvgIpc) is 1.72. The zero-order chi connectivity index (χ0) is 5.70. The van der Waals surface area contributed by atoms with Crippen LogP contribution in [0.25, 0.3) is 0 Å². The number of rotatable bonds is 3. The molecule has 0 heterocycles. The van der Waals surface area contributed by atoms with Crippen LogP contribution in [0.15, 0.2) is 0 Å². The molecule has 0 saturated carbocycles. The van der Waals surface area contributed by atoms with E-state index in [4.69, 9.17) is 0 Å². The first-order chi connectivity index (χ1) is 3.35. The van der Waals surface area contributed by atoms with E-state index in [1.54, 1.807) is 12.5 Å². The van der Waals surface area contributed by atoms with Gasteiger partial charge in [-0.2, -0.15) is 0 Å². The van der Waals surface area contributed by atoms with E-state index in [1.807, 2.05) is 0 Å². The van der Waals surface area contributed by atoms with Crippen LogP contribution in [-0.4, -0.2) is 0 Å². The van der Waals surface area contributed by atoms with Gasteiger partial charge in [0, 0.05) is 0 Å². The fraction of sp³-hybridized carbons (Fsp3) is 1.00. The molecular weight excluding hydrogens is 251 g/mol. The zero-order valence-electron chi connectivity index (χ0n) is 5.62. The zero-order valence-corrected chi connectivity index (χ0v) is 9.21. The Labute approximate surface area is 54.8 Å². The molecule has 0 rings (SSSR count). The third-order valence-electron chi connectivity index (χ3n) is 1.50. The van der Waals surface area contributed by atoms with E-state index >= 15 is 0 Å². The van der Waals surface area contributed by atoms with E-state index in [2.05, 4.69) is 20.8 Å². The second-order valence-electron chi connectivity index (χ2n) is 1.81. The normalized spacial score (nSPS) is 9.00. The van der Waals surface area contributed by atoms with Crippen LogP contribution in [0.3, 0.4) is 0 Å². The van der Waals surface area contributed by atoms with E-state index in [0.29, 0.717) is 0 Å². The van der Waals surface area contributed by atoms with Gasteiger partial charge in [-0.15, -0.1) is 0 Å².